The van der Waals surface area contributed by atoms with Gasteiger partial charge in [-0.1, -0.05) is 0 Å². The minimum absolute atomic E-state index is 0.0944. The summed E-state index contributed by atoms with van der Waals surface area (Å²) in [6, 6.07) is 0. The molecule has 0 saturated carbocycles. The number of hydrogen-bond donors (Lipinski definition) is 2. The maximum absolute atomic E-state index is 11.8. The molecule has 0 fully saturated rings. The summed E-state index contributed by atoms with van der Waals surface area (Å²) in [5.74, 6) is -0.880. The molecule has 1 aromatic rings. The lowest BCUT2D eigenvalue weighted by molar-refractivity contribution is -0.122. The molecule has 8 heteroatoms. The first-order valence-corrected chi connectivity index (χ1v) is 5.35. The van der Waals surface area contributed by atoms with E-state index in [9.17, 15) is 9.59 Å². The molecule has 0 saturated heterocycles. The standard InChI is InChI=1S/C10H17N5O3/c1-10(2,3)12-6(16)5-15(4)9(17)7-8(11)14-18-13-7/h5H2,1-4H3,(H2,11,14)(H,12,16). The third-order valence-corrected chi connectivity index (χ3v) is 1.96. The minimum Gasteiger partial charge on any atom is -0.379 e. The lowest BCUT2D eigenvalue weighted by Crippen LogP contribution is -2.46. The van der Waals surface area contributed by atoms with E-state index in [1.165, 1.54) is 11.9 Å². The summed E-state index contributed by atoms with van der Waals surface area (Å²) in [6.45, 7) is 5.47. The van der Waals surface area contributed by atoms with Crippen LogP contribution in [0.4, 0.5) is 5.82 Å². The quantitative estimate of drug-likeness (QED) is 0.762. The molecule has 0 unspecified atom stereocenters. The number of amides is 2. The van der Waals surface area contributed by atoms with Crippen LogP contribution in [0.2, 0.25) is 0 Å². The highest BCUT2D eigenvalue weighted by Gasteiger charge is 2.23. The van der Waals surface area contributed by atoms with Crippen molar-refractivity contribution in [3.63, 3.8) is 0 Å². The van der Waals surface area contributed by atoms with E-state index < -0.39 is 5.91 Å². The Morgan fingerprint density at radius 2 is 2.00 bits per heavy atom. The van der Waals surface area contributed by atoms with Crippen LogP contribution in [0.25, 0.3) is 0 Å². The maximum atomic E-state index is 11.8. The number of carbonyl (C=O) groups is 2. The van der Waals surface area contributed by atoms with Crippen molar-refractivity contribution in [2.75, 3.05) is 19.3 Å². The molecule has 3 N–H and O–H groups in total. The van der Waals surface area contributed by atoms with E-state index in [2.05, 4.69) is 20.3 Å². The summed E-state index contributed by atoms with van der Waals surface area (Å²) < 4.78 is 4.33. The van der Waals surface area contributed by atoms with Crippen molar-refractivity contribution in [3.05, 3.63) is 5.69 Å². The molecule has 8 nitrogen and oxygen atoms in total. The molecule has 0 aromatic carbocycles. The Morgan fingerprint density at radius 3 is 2.44 bits per heavy atom. The molecule has 2 amide bonds. The van der Waals surface area contributed by atoms with E-state index in [0.29, 0.717) is 0 Å². The van der Waals surface area contributed by atoms with Gasteiger partial charge >= 0.3 is 0 Å². The Balaban J connectivity index is 2.61. The highest BCUT2D eigenvalue weighted by molar-refractivity contribution is 5.97. The first kappa shape index (κ1) is 13.9. The second-order valence-electron chi connectivity index (χ2n) is 4.96. The number of nitrogen functional groups attached to an aromatic ring is 1. The van der Waals surface area contributed by atoms with E-state index in [1.807, 2.05) is 20.8 Å². The fraction of sp³-hybridized carbons (Fsp3) is 0.600. The van der Waals surface area contributed by atoms with Crippen molar-refractivity contribution < 1.29 is 14.2 Å². The molecule has 1 rings (SSSR count). The van der Waals surface area contributed by atoms with Gasteiger partial charge in [-0.15, -0.1) is 0 Å². The second kappa shape index (κ2) is 5.03. The number of nitrogens with one attached hydrogen (secondary N) is 1. The van der Waals surface area contributed by atoms with E-state index in [-0.39, 0.29) is 29.5 Å². The van der Waals surface area contributed by atoms with Crippen LogP contribution in [0.15, 0.2) is 4.63 Å². The van der Waals surface area contributed by atoms with Gasteiger partial charge in [-0.05, 0) is 31.1 Å². The second-order valence-corrected chi connectivity index (χ2v) is 4.96. The summed E-state index contributed by atoms with van der Waals surface area (Å²) in [5, 5.41) is 9.43. The summed E-state index contributed by atoms with van der Waals surface area (Å²) in [4.78, 5) is 24.7. The molecule has 0 radical (unpaired) electrons. The zero-order valence-corrected chi connectivity index (χ0v) is 10.9. The van der Waals surface area contributed by atoms with Crippen LogP contribution >= 0.6 is 0 Å². The van der Waals surface area contributed by atoms with Crippen molar-refractivity contribution >= 4 is 17.6 Å². The SMILES string of the molecule is CN(CC(=O)NC(C)(C)C)C(=O)c1nonc1N. The van der Waals surface area contributed by atoms with Gasteiger partial charge in [-0.2, -0.15) is 0 Å². The fourth-order valence-electron chi connectivity index (χ4n) is 1.27. The Hall–Kier alpha value is -2.12. The van der Waals surface area contributed by atoms with Gasteiger partial charge in [-0.3, -0.25) is 9.59 Å². The van der Waals surface area contributed by atoms with Crippen LogP contribution in [-0.2, 0) is 4.79 Å². The number of nitrogens with zero attached hydrogens (tertiary/aromatic N) is 3. The fourth-order valence-corrected chi connectivity index (χ4v) is 1.27. The van der Waals surface area contributed by atoms with Crippen LogP contribution in [0.3, 0.4) is 0 Å². The van der Waals surface area contributed by atoms with Gasteiger partial charge in [0.1, 0.15) is 0 Å². The number of likely N-dealkylation sites (N-methyl/N-ethyl adjacent to an activating group) is 1. The number of rotatable bonds is 3. The highest BCUT2D eigenvalue weighted by Crippen LogP contribution is 2.07. The predicted octanol–water partition coefficient (Wildman–Crippen LogP) is -0.361. The highest BCUT2D eigenvalue weighted by atomic mass is 16.6. The van der Waals surface area contributed by atoms with Gasteiger partial charge < -0.3 is 16.0 Å². The summed E-state index contributed by atoms with van der Waals surface area (Å²) >= 11 is 0. The zero-order chi connectivity index (χ0) is 13.9. The van der Waals surface area contributed by atoms with Crippen LogP contribution < -0.4 is 11.1 Å². The van der Waals surface area contributed by atoms with Gasteiger partial charge in [0, 0.05) is 12.6 Å². The van der Waals surface area contributed by atoms with Crippen molar-refractivity contribution in [2.24, 2.45) is 0 Å². The normalized spacial score (nSPS) is 11.1. The van der Waals surface area contributed by atoms with Gasteiger partial charge in [-0.25, -0.2) is 4.63 Å². The third-order valence-electron chi connectivity index (χ3n) is 1.96. The minimum atomic E-state index is -0.516. The van der Waals surface area contributed by atoms with Gasteiger partial charge in [0.15, 0.2) is 0 Å². The molecule has 18 heavy (non-hydrogen) atoms. The summed E-state index contributed by atoms with van der Waals surface area (Å²) in [6.07, 6.45) is 0. The van der Waals surface area contributed by atoms with E-state index >= 15 is 0 Å². The third kappa shape index (κ3) is 3.72. The molecule has 0 spiro atoms. The lowest BCUT2D eigenvalue weighted by Gasteiger charge is -2.23. The van der Waals surface area contributed by atoms with Crippen LogP contribution in [0, 0.1) is 0 Å². The molecule has 0 aliphatic rings. The predicted molar refractivity (Wildman–Crippen MR) is 63.6 cm³/mol. The summed E-state index contributed by atoms with van der Waals surface area (Å²) in [7, 11) is 1.47. The average molecular weight is 255 g/mol. The molecular weight excluding hydrogens is 238 g/mol. The largest absolute Gasteiger partial charge is 0.379 e. The number of carbonyl (C=O) groups excluding carboxylic acids is 2. The monoisotopic (exact) mass is 255 g/mol. The molecule has 0 atom stereocenters. The van der Waals surface area contributed by atoms with Crippen molar-refractivity contribution in [3.8, 4) is 0 Å². The Morgan fingerprint density at radius 1 is 1.39 bits per heavy atom. The van der Waals surface area contributed by atoms with Gasteiger partial charge in [0.25, 0.3) is 5.91 Å². The smallest absolute Gasteiger partial charge is 0.280 e. The van der Waals surface area contributed by atoms with Crippen LogP contribution in [0.5, 0.6) is 0 Å². The Labute approximate surface area is 104 Å². The average Bonchev–Trinajstić information content (AvgIpc) is 2.60. The molecule has 1 heterocycles. The Bertz CT molecular complexity index is 449. The van der Waals surface area contributed by atoms with E-state index in [1.54, 1.807) is 0 Å². The Kier molecular flexibility index (Phi) is 3.89. The molecule has 0 bridgehead atoms. The first-order chi connectivity index (χ1) is 8.20. The number of nitrogens with two attached hydrogens (primary N) is 1. The van der Waals surface area contributed by atoms with Crippen molar-refractivity contribution in [1.29, 1.82) is 0 Å². The lowest BCUT2D eigenvalue weighted by atomic mass is 10.1. The van der Waals surface area contributed by atoms with E-state index in [0.717, 1.165) is 0 Å². The molecule has 0 aliphatic heterocycles. The molecular formula is C10H17N5O3. The number of aromatic nitrogens is 2. The van der Waals surface area contributed by atoms with Crippen LogP contribution in [0.1, 0.15) is 31.3 Å². The first-order valence-electron chi connectivity index (χ1n) is 5.35. The van der Waals surface area contributed by atoms with E-state index in [4.69, 9.17) is 5.73 Å². The molecule has 1 aromatic heterocycles. The maximum Gasteiger partial charge on any atom is 0.280 e. The van der Waals surface area contributed by atoms with Crippen LogP contribution in [-0.4, -0.2) is 46.2 Å². The summed E-state index contributed by atoms with van der Waals surface area (Å²) in [5.41, 5.74) is 4.95. The molecule has 0 aliphatic carbocycles. The number of anilines is 1. The number of hydrogen-bond acceptors (Lipinski definition) is 6. The van der Waals surface area contributed by atoms with Crippen molar-refractivity contribution in [1.82, 2.24) is 20.5 Å². The topological polar surface area (TPSA) is 114 Å². The zero-order valence-electron chi connectivity index (χ0n) is 10.9. The van der Waals surface area contributed by atoms with Gasteiger partial charge in [0.05, 0.1) is 6.54 Å². The molecule has 100 valence electrons. The van der Waals surface area contributed by atoms with Gasteiger partial charge in [0.2, 0.25) is 17.4 Å². The van der Waals surface area contributed by atoms with Crippen molar-refractivity contribution in [2.45, 2.75) is 26.3 Å².